The Bertz CT molecular complexity index is 1350. The van der Waals surface area contributed by atoms with Crippen LogP contribution >= 0.6 is 0 Å². The number of ether oxygens (including phenoxy) is 2. The van der Waals surface area contributed by atoms with Gasteiger partial charge in [0.25, 0.3) is 0 Å². The summed E-state index contributed by atoms with van der Waals surface area (Å²) in [5, 5.41) is 0. The van der Waals surface area contributed by atoms with Crippen LogP contribution in [0.25, 0.3) is 17.0 Å². The Kier molecular flexibility index (Phi) is 10.4. The molecule has 1 aliphatic rings. The van der Waals surface area contributed by atoms with Crippen molar-refractivity contribution in [3.8, 4) is 11.1 Å². The van der Waals surface area contributed by atoms with Crippen molar-refractivity contribution in [1.29, 1.82) is 0 Å². The molecular formula is C32H29F7O2. The predicted octanol–water partition coefficient (Wildman–Crippen LogP) is 9.14. The Morgan fingerprint density at radius 3 is 2.12 bits per heavy atom. The monoisotopic (exact) mass is 578 g/mol. The molecule has 218 valence electrons. The summed E-state index contributed by atoms with van der Waals surface area (Å²) in [7, 11) is 0. The lowest BCUT2D eigenvalue weighted by molar-refractivity contribution is -0.00185. The molecule has 1 saturated heterocycles. The maximum absolute atomic E-state index is 15.1. The fraction of sp³-hybridized carbons (Fsp3) is 0.312. The topological polar surface area (TPSA) is 18.5 Å². The highest BCUT2D eigenvalue weighted by Crippen LogP contribution is 2.35. The lowest BCUT2D eigenvalue weighted by atomic mass is 9.88. The van der Waals surface area contributed by atoms with Gasteiger partial charge in [-0.1, -0.05) is 30.3 Å². The molecule has 0 saturated carbocycles. The highest BCUT2D eigenvalue weighted by molar-refractivity contribution is 5.69. The zero-order valence-corrected chi connectivity index (χ0v) is 22.2. The molecule has 4 rings (SSSR count). The van der Waals surface area contributed by atoms with Gasteiger partial charge >= 0.3 is 0 Å². The summed E-state index contributed by atoms with van der Waals surface area (Å²) in [6.07, 6.45) is 3.43. The number of rotatable bonds is 11. The molecule has 1 aliphatic heterocycles. The first-order chi connectivity index (χ1) is 19.7. The first kappa shape index (κ1) is 30.5. The van der Waals surface area contributed by atoms with Crippen LogP contribution in [-0.2, 0) is 15.9 Å². The Morgan fingerprint density at radius 2 is 1.54 bits per heavy atom. The van der Waals surface area contributed by atoms with Crippen molar-refractivity contribution in [3.63, 3.8) is 0 Å². The molecule has 0 bridgehead atoms. The van der Waals surface area contributed by atoms with Gasteiger partial charge in [0.2, 0.25) is 0 Å². The molecule has 1 fully saturated rings. The molecule has 3 aromatic carbocycles. The second-order valence-corrected chi connectivity index (χ2v) is 9.92. The predicted molar refractivity (Wildman–Crippen MR) is 143 cm³/mol. The molecule has 41 heavy (non-hydrogen) atoms. The van der Waals surface area contributed by atoms with E-state index < -0.39 is 53.3 Å². The van der Waals surface area contributed by atoms with Gasteiger partial charge in [0, 0.05) is 17.0 Å². The van der Waals surface area contributed by atoms with Crippen LogP contribution in [0.1, 0.15) is 48.3 Å². The zero-order chi connectivity index (χ0) is 29.5. The average Bonchev–Trinajstić information content (AvgIpc) is 2.96. The molecule has 0 aromatic heterocycles. The summed E-state index contributed by atoms with van der Waals surface area (Å²) in [6.45, 7) is 3.28. The number of benzene rings is 3. The molecule has 0 aliphatic carbocycles. The quantitative estimate of drug-likeness (QED) is 0.0978. The molecule has 2 unspecified atom stereocenters. The van der Waals surface area contributed by atoms with Gasteiger partial charge < -0.3 is 9.47 Å². The van der Waals surface area contributed by atoms with Crippen LogP contribution in [0.3, 0.4) is 0 Å². The molecule has 0 amide bonds. The van der Waals surface area contributed by atoms with E-state index in [1.807, 2.05) is 0 Å². The third-order valence-electron chi connectivity index (χ3n) is 7.06. The summed E-state index contributed by atoms with van der Waals surface area (Å²) < 4.78 is 110. The van der Waals surface area contributed by atoms with Crippen molar-refractivity contribution in [3.05, 3.63) is 113 Å². The van der Waals surface area contributed by atoms with Gasteiger partial charge in [-0.2, -0.15) is 0 Å². The Hall–Kier alpha value is -3.43. The van der Waals surface area contributed by atoms with E-state index in [1.54, 1.807) is 6.08 Å². The van der Waals surface area contributed by atoms with Crippen molar-refractivity contribution >= 4 is 5.83 Å². The summed E-state index contributed by atoms with van der Waals surface area (Å²) in [4.78, 5) is 0. The van der Waals surface area contributed by atoms with Gasteiger partial charge in [-0.05, 0) is 73.1 Å². The molecule has 0 N–H and O–H groups in total. The molecule has 0 radical (unpaired) electrons. The second kappa shape index (κ2) is 14.0. The van der Waals surface area contributed by atoms with Gasteiger partial charge in [-0.3, -0.25) is 0 Å². The number of hydrogen-bond acceptors (Lipinski definition) is 2. The third-order valence-corrected chi connectivity index (χ3v) is 7.06. The average molecular weight is 579 g/mol. The standard InChI is InChI=1S/C32H29F7O2/c1-2-3-12-40-18-29(37)31(38)21-7-5-20(6-8-21)23-15-25(33)30(26(34)16-23)22-9-11-24(41-17-22)10-4-19-13-27(35)32(39)28(36)14-19/h2,5-8,13-16,22,24H,1,3-4,9-12,17-18H2. The first-order valence-electron chi connectivity index (χ1n) is 13.3. The molecule has 0 spiro atoms. The lowest BCUT2D eigenvalue weighted by Gasteiger charge is -2.30. The Labute approximate surface area is 234 Å². The van der Waals surface area contributed by atoms with Crippen molar-refractivity contribution in [2.45, 2.75) is 44.1 Å². The van der Waals surface area contributed by atoms with Crippen molar-refractivity contribution < 1.29 is 40.2 Å². The van der Waals surface area contributed by atoms with Crippen LogP contribution < -0.4 is 0 Å². The van der Waals surface area contributed by atoms with E-state index in [-0.39, 0.29) is 42.4 Å². The van der Waals surface area contributed by atoms with E-state index >= 15 is 8.78 Å². The first-order valence-corrected chi connectivity index (χ1v) is 13.3. The highest BCUT2D eigenvalue weighted by atomic mass is 19.2. The van der Waals surface area contributed by atoms with E-state index in [4.69, 9.17) is 9.47 Å². The van der Waals surface area contributed by atoms with Crippen LogP contribution in [0.2, 0.25) is 0 Å². The maximum Gasteiger partial charge on any atom is 0.194 e. The number of hydrogen-bond donors (Lipinski definition) is 0. The zero-order valence-electron chi connectivity index (χ0n) is 22.2. The fourth-order valence-corrected chi connectivity index (χ4v) is 4.84. The smallest absolute Gasteiger partial charge is 0.194 e. The lowest BCUT2D eigenvalue weighted by Crippen LogP contribution is -2.26. The Morgan fingerprint density at radius 1 is 0.878 bits per heavy atom. The SMILES string of the molecule is C=CCCOCC(F)=C(F)c1ccc(-c2cc(F)c(C3CCC(CCc4cc(F)c(F)c(F)c4)OC3)c(F)c2)cc1. The van der Waals surface area contributed by atoms with Gasteiger partial charge in [-0.25, -0.2) is 30.7 Å². The minimum atomic E-state index is -1.52. The summed E-state index contributed by atoms with van der Waals surface area (Å²) in [5.41, 5.74) is 0.826. The summed E-state index contributed by atoms with van der Waals surface area (Å²) >= 11 is 0. The van der Waals surface area contributed by atoms with Crippen LogP contribution in [-0.4, -0.2) is 25.9 Å². The van der Waals surface area contributed by atoms with Crippen LogP contribution in [0, 0.1) is 29.1 Å². The molecule has 3 aromatic rings. The van der Waals surface area contributed by atoms with Gasteiger partial charge in [0.1, 0.15) is 18.2 Å². The van der Waals surface area contributed by atoms with Gasteiger partial charge in [-0.15, -0.1) is 6.58 Å². The van der Waals surface area contributed by atoms with E-state index in [1.165, 1.54) is 36.4 Å². The summed E-state index contributed by atoms with van der Waals surface area (Å²) in [6, 6.07) is 9.80. The van der Waals surface area contributed by atoms with E-state index in [0.29, 0.717) is 36.8 Å². The minimum Gasteiger partial charge on any atom is -0.378 e. The molecule has 9 heteroatoms. The second-order valence-electron chi connectivity index (χ2n) is 9.92. The maximum atomic E-state index is 15.1. The number of halogens is 7. The van der Waals surface area contributed by atoms with Crippen molar-refractivity contribution in [1.82, 2.24) is 0 Å². The van der Waals surface area contributed by atoms with Crippen LogP contribution in [0.4, 0.5) is 30.7 Å². The molecule has 2 atom stereocenters. The van der Waals surface area contributed by atoms with Crippen LogP contribution in [0.15, 0.2) is 67.0 Å². The van der Waals surface area contributed by atoms with E-state index in [2.05, 4.69) is 6.58 Å². The molecule has 2 nitrogen and oxygen atoms in total. The fourth-order valence-electron chi connectivity index (χ4n) is 4.84. The number of aryl methyl sites for hydroxylation is 1. The van der Waals surface area contributed by atoms with E-state index in [0.717, 1.165) is 12.1 Å². The summed E-state index contributed by atoms with van der Waals surface area (Å²) in [5.74, 6) is -8.19. The van der Waals surface area contributed by atoms with Gasteiger partial charge in [0.05, 0.1) is 19.3 Å². The van der Waals surface area contributed by atoms with Crippen molar-refractivity contribution in [2.75, 3.05) is 19.8 Å². The van der Waals surface area contributed by atoms with E-state index in [9.17, 15) is 22.0 Å². The molecular weight excluding hydrogens is 549 g/mol. The largest absolute Gasteiger partial charge is 0.378 e. The normalized spacial score (nSPS) is 17.8. The minimum absolute atomic E-state index is 0.0280. The molecule has 1 heterocycles. The van der Waals surface area contributed by atoms with Gasteiger partial charge in [0.15, 0.2) is 29.1 Å². The third kappa shape index (κ3) is 7.65. The van der Waals surface area contributed by atoms with Crippen molar-refractivity contribution in [2.24, 2.45) is 0 Å². The van der Waals surface area contributed by atoms with Crippen LogP contribution in [0.5, 0.6) is 0 Å². The highest BCUT2D eigenvalue weighted by Gasteiger charge is 2.28. The Balaban J connectivity index is 1.37.